The maximum atomic E-state index is 12.7. The van der Waals surface area contributed by atoms with Gasteiger partial charge in [-0.3, -0.25) is 4.79 Å². The van der Waals surface area contributed by atoms with E-state index in [0.29, 0.717) is 28.0 Å². The SMILES string of the molecule is Cc1cc2c(-c3c(C)c(C)c(C)c(C)c3C)c3cc(C)c(=O)c(C)c-3oc2c(C)c1O. The topological polar surface area (TPSA) is 50.4 Å². The quantitative estimate of drug-likeness (QED) is 0.340. The van der Waals surface area contributed by atoms with Crippen molar-refractivity contribution >= 4 is 11.0 Å². The van der Waals surface area contributed by atoms with Crippen LogP contribution >= 0.6 is 0 Å². The highest BCUT2D eigenvalue weighted by atomic mass is 16.3. The second kappa shape index (κ2) is 6.98. The normalized spacial score (nSPS) is 11.6. The lowest BCUT2D eigenvalue weighted by molar-refractivity contribution is 0.465. The third-order valence-electron chi connectivity index (χ3n) is 7.31. The largest absolute Gasteiger partial charge is 0.507 e. The lowest BCUT2D eigenvalue weighted by Gasteiger charge is -2.24. The zero-order valence-electron chi connectivity index (χ0n) is 19.9. The van der Waals surface area contributed by atoms with E-state index in [4.69, 9.17) is 4.42 Å². The van der Waals surface area contributed by atoms with Crippen LogP contribution in [0.3, 0.4) is 0 Å². The van der Waals surface area contributed by atoms with E-state index < -0.39 is 0 Å². The van der Waals surface area contributed by atoms with Crippen molar-refractivity contribution in [1.29, 1.82) is 0 Å². The van der Waals surface area contributed by atoms with Crippen LogP contribution in [0.1, 0.15) is 50.1 Å². The van der Waals surface area contributed by atoms with Gasteiger partial charge < -0.3 is 9.52 Å². The molecule has 3 heteroatoms. The van der Waals surface area contributed by atoms with Crippen LogP contribution < -0.4 is 5.43 Å². The third kappa shape index (κ3) is 2.83. The summed E-state index contributed by atoms with van der Waals surface area (Å²) in [6.07, 6.45) is 0. The maximum Gasteiger partial charge on any atom is 0.188 e. The van der Waals surface area contributed by atoms with Crippen molar-refractivity contribution in [3.63, 3.8) is 0 Å². The molecule has 3 nitrogen and oxygen atoms in total. The second-order valence-electron chi connectivity index (χ2n) is 9.05. The van der Waals surface area contributed by atoms with Crippen LogP contribution in [0.15, 0.2) is 21.3 Å². The molecule has 1 aliphatic carbocycles. The van der Waals surface area contributed by atoms with Crippen LogP contribution in [0.4, 0.5) is 0 Å². The predicted octanol–water partition coefficient (Wildman–Crippen LogP) is 7.05. The highest BCUT2D eigenvalue weighted by molar-refractivity contribution is 6.05. The number of hydrogen-bond acceptors (Lipinski definition) is 3. The molecule has 0 bridgehead atoms. The number of benzene rings is 3. The Kier molecular flexibility index (Phi) is 4.77. The van der Waals surface area contributed by atoms with Crippen molar-refractivity contribution in [3.05, 3.63) is 72.4 Å². The Morgan fingerprint density at radius 1 is 0.645 bits per heavy atom. The van der Waals surface area contributed by atoms with Crippen molar-refractivity contribution in [2.75, 3.05) is 0 Å². The van der Waals surface area contributed by atoms with E-state index in [9.17, 15) is 9.90 Å². The minimum atomic E-state index is 0.000229. The van der Waals surface area contributed by atoms with Gasteiger partial charge in [0.2, 0.25) is 0 Å². The van der Waals surface area contributed by atoms with Gasteiger partial charge in [-0.15, -0.1) is 0 Å². The van der Waals surface area contributed by atoms with Crippen LogP contribution in [0.5, 0.6) is 5.75 Å². The molecule has 0 fully saturated rings. The number of phenols is 1. The first-order chi connectivity index (χ1) is 14.5. The molecular formula is C28H30O3. The van der Waals surface area contributed by atoms with E-state index in [0.717, 1.165) is 22.1 Å². The van der Waals surface area contributed by atoms with Gasteiger partial charge in [0.15, 0.2) is 5.43 Å². The van der Waals surface area contributed by atoms with Crippen molar-refractivity contribution in [1.82, 2.24) is 0 Å². The monoisotopic (exact) mass is 414 g/mol. The Morgan fingerprint density at radius 3 is 1.77 bits per heavy atom. The van der Waals surface area contributed by atoms with Gasteiger partial charge in [0.25, 0.3) is 0 Å². The molecule has 0 amide bonds. The molecule has 0 unspecified atom stereocenters. The molecule has 1 aliphatic heterocycles. The Morgan fingerprint density at radius 2 is 1.19 bits per heavy atom. The number of aryl methyl sites for hydroxylation is 3. The average Bonchev–Trinajstić information content (AvgIpc) is 2.74. The van der Waals surface area contributed by atoms with Crippen molar-refractivity contribution < 1.29 is 9.52 Å². The van der Waals surface area contributed by atoms with Crippen molar-refractivity contribution in [2.45, 2.75) is 62.3 Å². The third-order valence-corrected chi connectivity index (χ3v) is 7.31. The smallest absolute Gasteiger partial charge is 0.188 e. The number of hydrogen-bond donors (Lipinski definition) is 1. The van der Waals surface area contributed by atoms with E-state index >= 15 is 0 Å². The molecule has 4 rings (SSSR count). The lowest BCUT2D eigenvalue weighted by atomic mass is 9.81. The van der Waals surface area contributed by atoms with Gasteiger partial charge in [0.05, 0.1) is 0 Å². The summed E-state index contributed by atoms with van der Waals surface area (Å²) < 4.78 is 6.35. The summed E-state index contributed by atoms with van der Waals surface area (Å²) in [5.41, 5.74) is 13.0. The minimum Gasteiger partial charge on any atom is -0.507 e. The molecule has 1 heterocycles. The fourth-order valence-electron chi connectivity index (χ4n) is 4.93. The molecule has 31 heavy (non-hydrogen) atoms. The molecule has 2 aromatic rings. The molecule has 2 aromatic carbocycles. The molecule has 0 atom stereocenters. The van der Waals surface area contributed by atoms with E-state index in [-0.39, 0.29) is 11.2 Å². The molecule has 0 spiro atoms. The first kappa shape index (κ1) is 21.2. The van der Waals surface area contributed by atoms with Gasteiger partial charge in [0.1, 0.15) is 17.1 Å². The number of aromatic hydroxyl groups is 1. The fraction of sp³-hybridized carbons (Fsp3) is 0.321. The molecule has 1 N–H and O–H groups in total. The van der Waals surface area contributed by atoms with Crippen molar-refractivity contribution in [2.24, 2.45) is 0 Å². The Hall–Kier alpha value is -3.07. The Labute approximate surface area is 183 Å². The molecule has 2 aliphatic rings. The molecule has 0 aromatic heterocycles. The average molecular weight is 415 g/mol. The molecule has 0 saturated carbocycles. The summed E-state index contributed by atoms with van der Waals surface area (Å²) in [5.74, 6) is 0.831. The van der Waals surface area contributed by atoms with Gasteiger partial charge >= 0.3 is 0 Å². The number of phenolic OH excluding ortho intramolecular Hbond substituents is 1. The van der Waals surface area contributed by atoms with Crippen LogP contribution in [-0.4, -0.2) is 5.11 Å². The van der Waals surface area contributed by atoms with Crippen LogP contribution in [-0.2, 0) is 0 Å². The number of fused-ring (bicyclic) bond motifs is 2. The fourth-order valence-corrected chi connectivity index (χ4v) is 4.93. The Bertz CT molecular complexity index is 1410. The van der Waals surface area contributed by atoms with E-state index in [2.05, 4.69) is 34.6 Å². The summed E-state index contributed by atoms with van der Waals surface area (Å²) in [6.45, 7) is 18.3. The highest BCUT2D eigenvalue weighted by Gasteiger charge is 2.26. The summed E-state index contributed by atoms with van der Waals surface area (Å²) >= 11 is 0. The zero-order valence-corrected chi connectivity index (χ0v) is 19.9. The van der Waals surface area contributed by atoms with Crippen LogP contribution in [0.2, 0.25) is 0 Å². The molecule has 0 saturated heterocycles. The van der Waals surface area contributed by atoms with Gasteiger partial charge in [-0.25, -0.2) is 0 Å². The highest BCUT2D eigenvalue weighted by Crippen LogP contribution is 2.47. The van der Waals surface area contributed by atoms with Gasteiger partial charge in [0, 0.05) is 27.6 Å². The number of rotatable bonds is 1. The lowest BCUT2D eigenvalue weighted by Crippen LogP contribution is -2.12. The Balaban J connectivity index is 2.39. The van der Waals surface area contributed by atoms with Gasteiger partial charge in [-0.2, -0.15) is 0 Å². The van der Waals surface area contributed by atoms with Crippen LogP contribution in [0.25, 0.3) is 33.4 Å². The van der Waals surface area contributed by atoms with E-state index in [1.807, 2.05) is 39.8 Å². The molecular weight excluding hydrogens is 384 g/mol. The first-order valence-corrected chi connectivity index (χ1v) is 10.7. The predicted molar refractivity (Wildman–Crippen MR) is 129 cm³/mol. The van der Waals surface area contributed by atoms with Gasteiger partial charge in [-0.05, 0) is 119 Å². The van der Waals surface area contributed by atoms with Gasteiger partial charge in [-0.1, -0.05) is 0 Å². The zero-order chi connectivity index (χ0) is 22.9. The first-order valence-electron chi connectivity index (χ1n) is 10.7. The van der Waals surface area contributed by atoms with Crippen molar-refractivity contribution in [3.8, 4) is 28.2 Å². The standard InChI is InChI=1S/C28H30O3/c1-12-10-21-24(23-17(6)15(4)14(3)16(5)18(23)7)22-11-13(2)26(30)20(9)28(22)31-27(21)19(8)25(12)29/h10-11,29H,1-9H3. The minimum absolute atomic E-state index is 0.000229. The summed E-state index contributed by atoms with van der Waals surface area (Å²) in [7, 11) is 0. The van der Waals surface area contributed by atoms with Crippen LogP contribution in [0, 0.1) is 62.3 Å². The maximum absolute atomic E-state index is 12.7. The molecule has 160 valence electrons. The van der Waals surface area contributed by atoms with E-state index in [1.54, 1.807) is 0 Å². The molecule has 0 radical (unpaired) electrons. The summed E-state index contributed by atoms with van der Waals surface area (Å²) in [6, 6.07) is 3.97. The summed E-state index contributed by atoms with van der Waals surface area (Å²) in [4.78, 5) is 12.7. The second-order valence-corrected chi connectivity index (χ2v) is 9.05. The summed E-state index contributed by atoms with van der Waals surface area (Å²) in [5, 5.41) is 11.6. The van der Waals surface area contributed by atoms with E-state index in [1.165, 1.54) is 33.4 Å².